The maximum atomic E-state index is 6.76. The number of fused-ring (bicyclic) bond motifs is 21. The third kappa shape index (κ3) is 14.5. The molecule has 0 saturated heterocycles. The Balaban J connectivity index is 0.000000105. The van der Waals surface area contributed by atoms with Crippen LogP contribution in [0.5, 0.6) is 5.75 Å². The van der Waals surface area contributed by atoms with Crippen molar-refractivity contribution in [3.8, 4) is 142 Å². The van der Waals surface area contributed by atoms with Gasteiger partial charge in [0.25, 0.3) is 0 Å². The Kier molecular flexibility index (Phi) is 19.6. The fourth-order valence-corrected chi connectivity index (χ4v) is 20.4. The summed E-state index contributed by atoms with van der Waals surface area (Å²) in [7, 11) is 0. The lowest BCUT2D eigenvalue weighted by Gasteiger charge is -2.17. The van der Waals surface area contributed by atoms with Crippen LogP contribution in [-0.4, -0.2) is 65.9 Å². The molecule has 144 heavy (non-hydrogen) atoms. The second kappa shape index (κ2) is 34.2. The molecule has 0 saturated carbocycles. The molecule has 0 N–H and O–H groups in total. The van der Waals surface area contributed by atoms with Gasteiger partial charge in [0.1, 0.15) is 56.5 Å². The van der Waals surface area contributed by atoms with Crippen molar-refractivity contribution in [3.63, 3.8) is 0 Å². The Morgan fingerprint density at radius 2 is 0.611 bits per heavy atom. The number of benzene rings is 17. The van der Waals surface area contributed by atoms with Gasteiger partial charge in [-0.2, -0.15) is 0 Å². The highest BCUT2D eigenvalue weighted by Crippen LogP contribution is 2.52. The van der Waals surface area contributed by atoms with Crippen molar-refractivity contribution >= 4 is 144 Å². The monoisotopic (exact) mass is 1850 g/mol. The molecule has 0 bridgehead atoms. The van der Waals surface area contributed by atoms with E-state index in [4.69, 9.17) is 81.6 Å². The Hall–Kier alpha value is -19.7. The van der Waals surface area contributed by atoms with Crippen molar-refractivity contribution in [1.29, 1.82) is 0 Å². The highest BCUT2D eigenvalue weighted by molar-refractivity contribution is 6.19. The molecular weight excluding hydrogens is 1780 g/mol. The molecule has 17 aromatic carbocycles. The smallest absolute Gasteiger partial charge is 0.228 e. The summed E-state index contributed by atoms with van der Waals surface area (Å²) in [6, 6.07) is 141. The van der Waals surface area contributed by atoms with Crippen LogP contribution in [0.25, 0.3) is 280 Å². The zero-order chi connectivity index (χ0) is 94.8. The van der Waals surface area contributed by atoms with Crippen molar-refractivity contribution in [3.05, 3.63) is 441 Å². The lowest BCUT2D eigenvalue weighted by Crippen LogP contribution is -2.36. The van der Waals surface area contributed by atoms with E-state index in [1.807, 2.05) is 291 Å². The van der Waals surface area contributed by atoms with Crippen molar-refractivity contribution in [2.24, 2.45) is 0 Å². The van der Waals surface area contributed by atoms with Crippen molar-refractivity contribution in [2.45, 2.75) is 12.0 Å². The lowest BCUT2D eigenvalue weighted by molar-refractivity contribution is 0.288. The minimum Gasteiger partial charge on any atom is -0.485 e. The number of nitrogens with zero attached hydrogens (tertiary/aromatic N) is 12. The van der Waals surface area contributed by atoms with Gasteiger partial charge >= 0.3 is 0 Å². The molecule has 28 aromatic rings. The summed E-state index contributed by atoms with van der Waals surface area (Å²) >= 11 is 0. The second-order valence-corrected chi connectivity index (χ2v) is 35.9. The van der Waals surface area contributed by atoms with E-state index in [1.54, 1.807) is 0 Å². The molecule has 674 valence electrons. The van der Waals surface area contributed by atoms with Gasteiger partial charge in [-0.1, -0.05) is 340 Å². The molecule has 1 aliphatic carbocycles. The van der Waals surface area contributed by atoms with Crippen LogP contribution >= 0.6 is 0 Å². The number of para-hydroxylation sites is 7. The van der Waals surface area contributed by atoms with E-state index in [-0.39, 0.29) is 12.0 Å². The van der Waals surface area contributed by atoms with Gasteiger partial charge in [-0.3, -0.25) is 4.98 Å². The first-order chi connectivity index (χ1) is 71.3. The first-order valence-electron chi connectivity index (χ1n) is 47.7. The number of ether oxygens (including phenoxy) is 1. The third-order valence-corrected chi connectivity index (χ3v) is 27.2. The van der Waals surface area contributed by atoms with Gasteiger partial charge in [0.15, 0.2) is 52.4 Å². The average molecular weight is 1850 g/mol. The summed E-state index contributed by atoms with van der Waals surface area (Å²) in [5.41, 5.74) is 22.7. The summed E-state index contributed by atoms with van der Waals surface area (Å²) in [6.45, 7) is 0. The molecule has 1 aliphatic heterocycles. The zero-order valence-corrected chi connectivity index (χ0v) is 76.5. The largest absolute Gasteiger partial charge is 0.485 e. The Morgan fingerprint density at radius 1 is 0.215 bits per heavy atom. The average Bonchev–Trinajstić information content (AvgIpc) is 1.55. The molecular formula is C126H74N12O6. The van der Waals surface area contributed by atoms with E-state index in [2.05, 4.69) is 151 Å². The predicted octanol–water partition coefficient (Wildman–Crippen LogP) is 29.7. The molecule has 30 rings (SSSR count). The minimum absolute atomic E-state index is 0.0418. The molecule has 18 heteroatoms. The van der Waals surface area contributed by atoms with Gasteiger partial charge in [0, 0.05) is 138 Å². The number of hydrogen-bond acceptors (Lipinski definition) is 18. The first-order valence-corrected chi connectivity index (χ1v) is 47.7. The molecule has 11 aromatic heterocycles. The molecule has 2 unspecified atom stereocenters. The molecule has 2 aliphatic rings. The Labute approximate surface area is 819 Å². The van der Waals surface area contributed by atoms with E-state index in [0.29, 0.717) is 75.1 Å². The van der Waals surface area contributed by atoms with Gasteiger partial charge in [0.2, 0.25) is 11.4 Å². The van der Waals surface area contributed by atoms with Gasteiger partial charge in [0.05, 0.1) is 21.9 Å². The number of aromatic nitrogens is 12. The SMILES string of the molecule is C1=c2cccnc2=CC2Oc3cc(-c4cccc5c4oc4ccccc45)cc(-c4nc(-c5ccccc5)nc(-c5ccccc5)n4)c3C12.c1ccc(-c2nc(-c3ccccc3)nc(-c3cc(-c4cccc5c4oc4ccccc45)cc4oc5nc6ccccc6cc5c34)n2)cc1.c1ccc(-c2nc(-c3ccccc3)nc(-c3cc(-c4cccc5c4oc4ccccc45)nc4oc5cc6ccccc6cc5c34)n2)cc1. The normalized spacial score (nSPS) is 13.2. The Bertz CT molecular complexity index is 9620. The summed E-state index contributed by atoms with van der Waals surface area (Å²) in [6.07, 6.45) is 6.01. The maximum absolute atomic E-state index is 6.76. The summed E-state index contributed by atoms with van der Waals surface area (Å²) in [5, 5.41) is 15.2. The summed E-state index contributed by atoms with van der Waals surface area (Å²) < 4.78 is 39.3. The maximum Gasteiger partial charge on any atom is 0.228 e. The lowest BCUT2D eigenvalue weighted by atomic mass is 9.86. The van der Waals surface area contributed by atoms with Gasteiger partial charge in [-0.15, -0.1) is 0 Å². The topological polar surface area (TPSA) is 230 Å². The standard InChI is InChI=1S/C42H24N4O2.C42H26N4O2.C42H24N4O2/c1-3-12-25(13-4-1)39-44-40(26-14-5-2-6-15-26)46-41(45-39)32-23-28(29-18-11-19-31-30-17-8-10-21-35(30)47-38(29)31)24-36-37(32)33-22-27-16-7-9-20-34(27)43-42(33)48-36;1-3-11-25(12-4-1)40-44-41(26-13-5-2-6-14-26)46-42(45-40)33-22-28(29-17-9-18-31-30-16-7-8-19-35(30)48-39(29)31)23-37-38(33)32-21-27-15-10-20-43-34(27)24-36(32)47-37;1-3-12-25(13-4-1)39-44-40(26-14-5-2-6-15-26)46-41(45-39)33-24-34(31-20-11-19-30-29-18-9-10-21-35(29)47-38(30)31)43-42-37(33)32-22-27-16-7-8-17-28(27)23-36(32)48-42/h1-24H;1-24,32,36H;1-24H. The van der Waals surface area contributed by atoms with Crippen LogP contribution < -0.4 is 15.3 Å². The number of rotatable bonds is 12. The van der Waals surface area contributed by atoms with Crippen LogP contribution in [0, 0.1) is 0 Å². The van der Waals surface area contributed by atoms with Crippen LogP contribution in [0.3, 0.4) is 0 Å². The molecule has 0 fully saturated rings. The molecule has 2 atom stereocenters. The van der Waals surface area contributed by atoms with Gasteiger partial charge < -0.3 is 26.8 Å². The van der Waals surface area contributed by atoms with E-state index >= 15 is 0 Å². The molecule has 18 nitrogen and oxygen atoms in total. The van der Waals surface area contributed by atoms with Crippen LogP contribution in [0.4, 0.5) is 0 Å². The van der Waals surface area contributed by atoms with Crippen molar-refractivity contribution in [2.75, 3.05) is 0 Å². The predicted molar refractivity (Wildman–Crippen MR) is 571 cm³/mol. The molecule has 0 amide bonds. The molecule has 12 heterocycles. The molecule has 0 radical (unpaired) electrons. The fraction of sp³-hybridized carbons (Fsp3) is 0.0159. The number of furan rings is 5. The Morgan fingerprint density at radius 3 is 1.12 bits per heavy atom. The fourth-order valence-electron chi connectivity index (χ4n) is 20.4. The third-order valence-electron chi connectivity index (χ3n) is 27.2. The van der Waals surface area contributed by atoms with Crippen LogP contribution in [-0.2, 0) is 0 Å². The van der Waals surface area contributed by atoms with Crippen LogP contribution in [0.2, 0.25) is 0 Å². The first kappa shape index (κ1) is 82.5. The zero-order valence-electron chi connectivity index (χ0n) is 76.5. The quantitative estimate of drug-likeness (QED) is 0.111. The van der Waals surface area contributed by atoms with Gasteiger partial charge in [-0.25, -0.2) is 54.8 Å². The highest BCUT2D eigenvalue weighted by atomic mass is 16.5. The van der Waals surface area contributed by atoms with E-state index in [0.717, 1.165) is 214 Å². The second-order valence-electron chi connectivity index (χ2n) is 35.9. The molecule has 0 spiro atoms. The van der Waals surface area contributed by atoms with Crippen LogP contribution in [0.1, 0.15) is 11.5 Å². The summed E-state index contributed by atoms with van der Waals surface area (Å²) in [5.74, 6) is 6.01. The minimum atomic E-state index is -0.206. The van der Waals surface area contributed by atoms with Gasteiger partial charge in [-0.05, 0) is 118 Å². The summed E-state index contributed by atoms with van der Waals surface area (Å²) in [4.78, 5) is 60.3. The van der Waals surface area contributed by atoms with E-state index in [9.17, 15) is 0 Å². The van der Waals surface area contributed by atoms with Crippen molar-refractivity contribution < 1.29 is 26.8 Å². The van der Waals surface area contributed by atoms with Crippen molar-refractivity contribution in [1.82, 2.24) is 59.8 Å². The van der Waals surface area contributed by atoms with E-state index in [1.165, 1.54) is 0 Å². The number of pyridine rings is 3. The van der Waals surface area contributed by atoms with E-state index < -0.39 is 0 Å². The highest BCUT2D eigenvalue weighted by Gasteiger charge is 2.38. The van der Waals surface area contributed by atoms with Crippen LogP contribution in [0.15, 0.2) is 447 Å². The number of hydrogen-bond donors (Lipinski definition) is 0.